The molecule has 0 spiro atoms. The van der Waals surface area contributed by atoms with Crippen molar-refractivity contribution in [1.29, 1.82) is 0 Å². The number of alkyl halides is 1. The summed E-state index contributed by atoms with van der Waals surface area (Å²) in [4.78, 5) is 0. The van der Waals surface area contributed by atoms with Gasteiger partial charge in [-0.25, -0.2) is 0 Å². The summed E-state index contributed by atoms with van der Waals surface area (Å²) < 4.78 is 0. The van der Waals surface area contributed by atoms with Crippen molar-refractivity contribution in [2.24, 2.45) is 0 Å². The number of halogens is 2. The molecule has 0 aliphatic heterocycles. The lowest BCUT2D eigenvalue weighted by Gasteiger charge is -2.04. The van der Waals surface area contributed by atoms with E-state index in [0.29, 0.717) is 0 Å². The van der Waals surface area contributed by atoms with Gasteiger partial charge in [0.1, 0.15) is 0 Å². The number of hydrogen-bond acceptors (Lipinski definition) is 0. The van der Waals surface area contributed by atoms with Crippen LogP contribution in [0.25, 0.3) is 0 Å². The molecule has 56 valence electrons. The summed E-state index contributed by atoms with van der Waals surface area (Å²) >= 11 is 11.9. The SMILES string of the molecule is CC1=C(Cl)C(Cl)CC=CC1. The van der Waals surface area contributed by atoms with Gasteiger partial charge in [0.05, 0.1) is 5.38 Å². The van der Waals surface area contributed by atoms with Crippen molar-refractivity contribution >= 4 is 23.2 Å². The second-order valence-electron chi connectivity index (χ2n) is 2.51. The fourth-order valence-electron chi connectivity index (χ4n) is 0.944. The van der Waals surface area contributed by atoms with Gasteiger partial charge in [-0.1, -0.05) is 29.3 Å². The van der Waals surface area contributed by atoms with Crippen molar-refractivity contribution in [2.75, 3.05) is 0 Å². The Kier molecular flexibility index (Phi) is 2.82. The Hall–Kier alpha value is 0.0600. The summed E-state index contributed by atoms with van der Waals surface area (Å²) in [5.74, 6) is 0. The van der Waals surface area contributed by atoms with Gasteiger partial charge in [-0.3, -0.25) is 0 Å². The maximum Gasteiger partial charge on any atom is 0.0726 e. The highest BCUT2D eigenvalue weighted by molar-refractivity contribution is 6.37. The average Bonchev–Trinajstić information content (AvgIpc) is 2.04. The van der Waals surface area contributed by atoms with Crippen molar-refractivity contribution in [3.63, 3.8) is 0 Å². The molecule has 0 saturated carbocycles. The summed E-state index contributed by atoms with van der Waals surface area (Å²) in [7, 11) is 0. The molecule has 0 N–H and O–H groups in total. The van der Waals surface area contributed by atoms with E-state index in [9.17, 15) is 0 Å². The third kappa shape index (κ3) is 1.77. The van der Waals surface area contributed by atoms with Crippen LogP contribution in [0.4, 0.5) is 0 Å². The van der Waals surface area contributed by atoms with Gasteiger partial charge in [0.2, 0.25) is 0 Å². The Morgan fingerprint density at radius 1 is 1.50 bits per heavy atom. The van der Waals surface area contributed by atoms with Crippen LogP contribution in [0.5, 0.6) is 0 Å². The molecule has 0 nitrogen and oxygen atoms in total. The minimum atomic E-state index is 0.000386. The van der Waals surface area contributed by atoms with Gasteiger partial charge in [-0.2, -0.15) is 0 Å². The molecule has 1 atom stereocenters. The zero-order valence-corrected chi connectivity index (χ0v) is 7.41. The molecular weight excluding hydrogens is 167 g/mol. The van der Waals surface area contributed by atoms with Crippen LogP contribution in [0.1, 0.15) is 19.8 Å². The third-order valence-corrected chi connectivity index (χ3v) is 2.71. The van der Waals surface area contributed by atoms with E-state index in [1.807, 2.05) is 6.92 Å². The molecular formula is C8H10Cl2. The summed E-state index contributed by atoms with van der Waals surface area (Å²) in [5.41, 5.74) is 1.19. The van der Waals surface area contributed by atoms with Crippen molar-refractivity contribution in [3.8, 4) is 0 Å². The lowest BCUT2D eigenvalue weighted by atomic mass is 10.2. The fourth-order valence-corrected chi connectivity index (χ4v) is 1.40. The van der Waals surface area contributed by atoms with Gasteiger partial charge in [-0.05, 0) is 19.8 Å². The smallest absolute Gasteiger partial charge is 0.0726 e. The van der Waals surface area contributed by atoms with E-state index in [4.69, 9.17) is 23.2 Å². The second kappa shape index (κ2) is 3.45. The Morgan fingerprint density at radius 2 is 2.20 bits per heavy atom. The maximum atomic E-state index is 5.93. The monoisotopic (exact) mass is 176 g/mol. The second-order valence-corrected chi connectivity index (χ2v) is 3.44. The fraction of sp³-hybridized carbons (Fsp3) is 0.500. The highest BCUT2D eigenvalue weighted by atomic mass is 35.5. The van der Waals surface area contributed by atoms with Gasteiger partial charge in [0.15, 0.2) is 0 Å². The lowest BCUT2D eigenvalue weighted by Crippen LogP contribution is -1.96. The molecule has 0 aromatic carbocycles. The summed E-state index contributed by atoms with van der Waals surface area (Å²) in [6.07, 6.45) is 6.00. The normalized spacial score (nSPS) is 26.9. The molecule has 1 aliphatic carbocycles. The molecule has 1 unspecified atom stereocenters. The summed E-state index contributed by atoms with van der Waals surface area (Å²) in [5, 5.41) is 0.826. The predicted molar refractivity (Wildman–Crippen MR) is 46.6 cm³/mol. The Bertz CT molecular complexity index is 180. The molecule has 1 aliphatic rings. The molecule has 2 heteroatoms. The molecule has 10 heavy (non-hydrogen) atoms. The zero-order chi connectivity index (χ0) is 7.56. The summed E-state index contributed by atoms with van der Waals surface area (Å²) in [6, 6.07) is 0. The van der Waals surface area contributed by atoms with Gasteiger partial charge in [0.25, 0.3) is 0 Å². The topological polar surface area (TPSA) is 0 Å². The van der Waals surface area contributed by atoms with Gasteiger partial charge >= 0.3 is 0 Å². The van der Waals surface area contributed by atoms with Crippen molar-refractivity contribution in [1.82, 2.24) is 0 Å². The molecule has 0 fully saturated rings. The average molecular weight is 177 g/mol. The minimum Gasteiger partial charge on any atom is -0.117 e. The number of rotatable bonds is 0. The first-order valence-electron chi connectivity index (χ1n) is 3.36. The first-order chi connectivity index (χ1) is 4.72. The lowest BCUT2D eigenvalue weighted by molar-refractivity contribution is 1.04. The minimum absolute atomic E-state index is 0.000386. The van der Waals surface area contributed by atoms with E-state index in [0.717, 1.165) is 17.9 Å². The maximum absolute atomic E-state index is 5.93. The standard InChI is InChI=1S/C8H10Cl2/c1-6-4-2-3-5-7(9)8(6)10/h2-3,7H,4-5H2,1H3. The zero-order valence-electron chi connectivity index (χ0n) is 5.90. The molecule has 0 bridgehead atoms. The van der Waals surface area contributed by atoms with Gasteiger partial charge in [0, 0.05) is 5.03 Å². The quantitative estimate of drug-likeness (QED) is 0.392. The van der Waals surface area contributed by atoms with Gasteiger partial charge in [-0.15, -0.1) is 11.6 Å². The van der Waals surface area contributed by atoms with Crippen LogP contribution in [0.3, 0.4) is 0 Å². The largest absolute Gasteiger partial charge is 0.117 e. The highest BCUT2D eigenvalue weighted by Gasteiger charge is 2.11. The molecule has 0 aromatic heterocycles. The van der Waals surface area contributed by atoms with Crippen LogP contribution in [0.2, 0.25) is 0 Å². The van der Waals surface area contributed by atoms with Crippen LogP contribution >= 0.6 is 23.2 Å². The predicted octanol–water partition coefficient (Wildman–Crippen LogP) is 3.46. The molecule has 0 amide bonds. The molecule has 0 saturated heterocycles. The summed E-state index contributed by atoms with van der Waals surface area (Å²) in [6.45, 7) is 2.02. The molecule has 1 rings (SSSR count). The number of hydrogen-bond donors (Lipinski definition) is 0. The Balaban J connectivity index is 2.80. The van der Waals surface area contributed by atoms with E-state index >= 15 is 0 Å². The van der Waals surface area contributed by atoms with Crippen LogP contribution < -0.4 is 0 Å². The van der Waals surface area contributed by atoms with Crippen LogP contribution in [-0.2, 0) is 0 Å². The third-order valence-electron chi connectivity index (χ3n) is 1.62. The molecule has 0 heterocycles. The first kappa shape index (κ1) is 8.16. The first-order valence-corrected chi connectivity index (χ1v) is 4.17. The van der Waals surface area contributed by atoms with E-state index in [2.05, 4.69) is 12.2 Å². The van der Waals surface area contributed by atoms with Crippen molar-refractivity contribution in [3.05, 3.63) is 22.8 Å². The van der Waals surface area contributed by atoms with Gasteiger partial charge < -0.3 is 0 Å². The van der Waals surface area contributed by atoms with E-state index in [1.165, 1.54) is 5.57 Å². The van der Waals surface area contributed by atoms with E-state index in [-0.39, 0.29) is 5.38 Å². The van der Waals surface area contributed by atoms with Crippen LogP contribution in [-0.4, -0.2) is 5.38 Å². The Labute approximate surface area is 71.5 Å². The Morgan fingerprint density at radius 3 is 2.90 bits per heavy atom. The highest BCUT2D eigenvalue weighted by Crippen LogP contribution is 2.26. The van der Waals surface area contributed by atoms with Crippen molar-refractivity contribution in [2.45, 2.75) is 25.1 Å². The van der Waals surface area contributed by atoms with E-state index < -0.39 is 0 Å². The van der Waals surface area contributed by atoms with Crippen LogP contribution in [0.15, 0.2) is 22.8 Å². The molecule has 0 aromatic rings. The molecule has 0 radical (unpaired) electrons. The number of allylic oxidation sites excluding steroid dienone is 4. The van der Waals surface area contributed by atoms with E-state index in [1.54, 1.807) is 0 Å². The van der Waals surface area contributed by atoms with Crippen LogP contribution in [0, 0.1) is 0 Å². The van der Waals surface area contributed by atoms with Crippen molar-refractivity contribution < 1.29 is 0 Å².